The van der Waals surface area contributed by atoms with Gasteiger partial charge in [0.05, 0.1) is 0 Å². The molecule has 3 heteroatoms. The molecule has 56 valence electrons. The van der Waals surface area contributed by atoms with Crippen molar-refractivity contribution >= 4 is 32.5 Å². The van der Waals surface area contributed by atoms with Crippen LogP contribution >= 0.6 is 0 Å². The van der Waals surface area contributed by atoms with Crippen LogP contribution in [0.2, 0.25) is 8.94 Å². The minimum atomic E-state index is -0.650. The van der Waals surface area contributed by atoms with E-state index in [1.54, 1.807) is 13.8 Å². The summed E-state index contributed by atoms with van der Waals surface area (Å²) in [5.74, 6) is 0.317. The standard InChI is InChI=1S/C7H10O2Te/c1-7(2)5(8)3-10-4-6(7)9/h3-4H2,1-2H3. The van der Waals surface area contributed by atoms with Crippen molar-refractivity contribution in [3.8, 4) is 0 Å². The number of hydrogen-bond acceptors (Lipinski definition) is 2. The van der Waals surface area contributed by atoms with Crippen molar-refractivity contribution < 1.29 is 9.59 Å². The minimum absolute atomic E-state index is 0.158. The molecule has 0 unspecified atom stereocenters. The maximum atomic E-state index is 11.1. The summed E-state index contributed by atoms with van der Waals surface area (Å²) in [4.78, 5) is 22.3. The van der Waals surface area contributed by atoms with Crippen molar-refractivity contribution in [2.24, 2.45) is 5.41 Å². The van der Waals surface area contributed by atoms with Crippen LogP contribution in [0.3, 0.4) is 0 Å². The third-order valence-corrected chi connectivity index (χ3v) is 4.52. The Balaban J connectivity index is 2.83. The van der Waals surface area contributed by atoms with Gasteiger partial charge in [-0.05, 0) is 0 Å². The summed E-state index contributed by atoms with van der Waals surface area (Å²) in [6.45, 7) is 3.48. The first-order chi connectivity index (χ1) is 4.55. The van der Waals surface area contributed by atoms with E-state index in [0.29, 0.717) is 8.94 Å². The Morgan fingerprint density at radius 1 is 1.20 bits per heavy atom. The Morgan fingerprint density at radius 3 is 1.90 bits per heavy atom. The monoisotopic (exact) mass is 256 g/mol. The number of hydrogen-bond donors (Lipinski definition) is 0. The average Bonchev–Trinajstić information content (AvgIpc) is 1.84. The third kappa shape index (κ3) is 1.26. The summed E-state index contributed by atoms with van der Waals surface area (Å²) < 4.78 is 1.42. The Hall–Kier alpha value is 0.130. The molecule has 1 rings (SSSR count). The van der Waals surface area contributed by atoms with Gasteiger partial charge in [0.25, 0.3) is 0 Å². The van der Waals surface area contributed by atoms with Gasteiger partial charge in [0.1, 0.15) is 0 Å². The van der Waals surface area contributed by atoms with Gasteiger partial charge in [-0.3, -0.25) is 0 Å². The average molecular weight is 254 g/mol. The van der Waals surface area contributed by atoms with Gasteiger partial charge in [-0.15, -0.1) is 0 Å². The molecule has 0 N–H and O–H groups in total. The predicted molar refractivity (Wildman–Crippen MR) is 39.2 cm³/mol. The van der Waals surface area contributed by atoms with Gasteiger partial charge < -0.3 is 0 Å². The second-order valence-electron chi connectivity index (χ2n) is 2.96. The van der Waals surface area contributed by atoms with Crippen molar-refractivity contribution in [3.05, 3.63) is 0 Å². The van der Waals surface area contributed by atoms with Crippen LogP contribution in [0.4, 0.5) is 0 Å². The van der Waals surface area contributed by atoms with E-state index in [1.807, 2.05) is 0 Å². The Bertz CT molecular complexity index is 166. The molecule has 0 amide bonds. The van der Waals surface area contributed by atoms with Crippen LogP contribution in [-0.2, 0) is 9.59 Å². The van der Waals surface area contributed by atoms with E-state index in [4.69, 9.17) is 0 Å². The zero-order chi connectivity index (χ0) is 7.78. The van der Waals surface area contributed by atoms with Gasteiger partial charge >= 0.3 is 70.3 Å². The van der Waals surface area contributed by atoms with Gasteiger partial charge in [-0.2, -0.15) is 0 Å². The summed E-state index contributed by atoms with van der Waals surface area (Å²) in [5, 5.41) is 0. The molecule has 0 aromatic carbocycles. The number of ketones is 2. The Morgan fingerprint density at radius 2 is 1.60 bits per heavy atom. The predicted octanol–water partition coefficient (Wildman–Crippen LogP) is 0.705. The Kier molecular flexibility index (Phi) is 2.17. The summed E-state index contributed by atoms with van der Waals surface area (Å²) in [7, 11) is 0. The van der Waals surface area contributed by atoms with Crippen LogP contribution in [0.15, 0.2) is 0 Å². The molecule has 0 aromatic heterocycles. The molecule has 1 saturated heterocycles. The second-order valence-corrected chi connectivity index (χ2v) is 5.78. The fourth-order valence-electron chi connectivity index (χ4n) is 0.753. The van der Waals surface area contributed by atoms with Crippen LogP contribution in [0.25, 0.3) is 0 Å². The van der Waals surface area contributed by atoms with Crippen molar-refractivity contribution in [1.82, 2.24) is 0 Å². The molecular weight excluding hydrogens is 244 g/mol. The number of carbonyl (C=O) groups excluding carboxylic acids is 2. The molecule has 0 aliphatic carbocycles. The molecule has 2 nitrogen and oxygen atoms in total. The molecule has 0 bridgehead atoms. The van der Waals surface area contributed by atoms with Gasteiger partial charge in [0.2, 0.25) is 0 Å². The fourth-order valence-corrected chi connectivity index (χ4v) is 4.16. The van der Waals surface area contributed by atoms with Crippen LogP contribution in [-0.4, -0.2) is 32.5 Å². The van der Waals surface area contributed by atoms with Gasteiger partial charge in [0.15, 0.2) is 0 Å². The van der Waals surface area contributed by atoms with E-state index in [2.05, 4.69) is 0 Å². The molecule has 0 aromatic rings. The second kappa shape index (κ2) is 2.64. The fraction of sp³-hybridized carbons (Fsp3) is 0.714. The first-order valence-electron chi connectivity index (χ1n) is 3.19. The van der Waals surface area contributed by atoms with E-state index in [-0.39, 0.29) is 32.5 Å². The SMILES string of the molecule is CC1(C)C(=O)C[Te]CC1=O. The molecule has 0 radical (unpaired) electrons. The maximum absolute atomic E-state index is 11.1. The molecular formula is C7H10O2Te. The van der Waals surface area contributed by atoms with Gasteiger partial charge in [0, 0.05) is 0 Å². The molecule has 0 spiro atoms. The number of carbonyl (C=O) groups is 2. The van der Waals surface area contributed by atoms with E-state index < -0.39 is 5.41 Å². The van der Waals surface area contributed by atoms with Crippen molar-refractivity contribution in [3.63, 3.8) is 0 Å². The number of Topliss-reactive ketones (excluding diaryl/α,β-unsaturated/α-hetero) is 2. The molecule has 1 aliphatic rings. The van der Waals surface area contributed by atoms with Gasteiger partial charge in [-0.1, -0.05) is 0 Å². The first kappa shape index (κ1) is 8.23. The molecule has 0 saturated carbocycles. The van der Waals surface area contributed by atoms with Crippen molar-refractivity contribution in [2.45, 2.75) is 22.8 Å². The summed E-state index contributed by atoms with van der Waals surface area (Å²) in [5.41, 5.74) is -0.650. The summed E-state index contributed by atoms with van der Waals surface area (Å²) >= 11 is -0.284. The van der Waals surface area contributed by atoms with E-state index in [1.165, 1.54) is 0 Å². The van der Waals surface area contributed by atoms with E-state index in [0.717, 1.165) is 0 Å². The summed E-state index contributed by atoms with van der Waals surface area (Å²) in [6, 6.07) is 0. The topological polar surface area (TPSA) is 34.1 Å². The summed E-state index contributed by atoms with van der Waals surface area (Å²) in [6.07, 6.45) is 0. The third-order valence-electron chi connectivity index (χ3n) is 1.86. The van der Waals surface area contributed by atoms with Crippen LogP contribution in [0, 0.1) is 5.41 Å². The molecule has 1 aliphatic heterocycles. The first-order valence-corrected chi connectivity index (χ1v) is 6.49. The van der Waals surface area contributed by atoms with Crippen LogP contribution in [0.1, 0.15) is 13.8 Å². The van der Waals surface area contributed by atoms with E-state index >= 15 is 0 Å². The van der Waals surface area contributed by atoms with Crippen molar-refractivity contribution in [2.75, 3.05) is 0 Å². The quantitative estimate of drug-likeness (QED) is 0.471. The van der Waals surface area contributed by atoms with Gasteiger partial charge in [-0.25, -0.2) is 0 Å². The zero-order valence-electron chi connectivity index (χ0n) is 6.14. The normalized spacial score (nSPS) is 25.0. The molecule has 1 heterocycles. The zero-order valence-corrected chi connectivity index (χ0v) is 8.47. The molecule has 0 atom stereocenters. The molecule has 1 fully saturated rings. The van der Waals surface area contributed by atoms with Crippen molar-refractivity contribution in [1.29, 1.82) is 0 Å². The number of rotatable bonds is 0. The van der Waals surface area contributed by atoms with Crippen LogP contribution in [0.5, 0.6) is 0 Å². The van der Waals surface area contributed by atoms with E-state index in [9.17, 15) is 9.59 Å². The Labute approximate surface area is 70.4 Å². The van der Waals surface area contributed by atoms with Crippen LogP contribution < -0.4 is 0 Å². The molecule has 10 heavy (non-hydrogen) atoms.